The zero-order chi connectivity index (χ0) is 14.5. The third-order valence-corrected chi connectivity index (χ3v) is 2.36. The molecule has 0 atom stereocenters. The smallest absolute Gasteiger partial charge is 0.397 e. The summed E-state index contributed by atoms with van der Waals surface area (Å²) in [6.45, 7) is -1.72. The van der Waals surface area contributed by atoms with Gasteiger partial charge < -0.3 is 15.8 Å². The number of ether oxygens (including phenoxy) is 1. The molecular formula is C11H12ClF3N2O2. The molecule has 3 N–H and O–H groups in total. The van der Waals surface area contributed by atoms with Crippen LogP contribution < -0.4 is 11.1 Å². The number of benzene rings is 1. The van der Waals surface area contributed by atoms with Crippen LogP contribution in [0.5, 0.6) is 0 Å². The molecule has 0 heterocycles. The first-order chi connectivity index (χ1) is 8.79. The molecule has 0 saturated carbocycles. The van der Waals surface area contributed by atoms with Gasteiger partial charge in [-0.25, -0.2) is 0 Å². The first-order valence-electron chi connectivity index (χ1n) is 5.28. The zero-order valence-corrected chi connectivity index (χ0v) is 10.5. The van der Waals surface area contributed by atoms with E-state index in [0.717, 1.165) is 0 Å². The number of hydrogen-bond acceptors (Lipinski definition) is 3. The lowest BCUT2D eigenvalue weighted by Crippen LogP contribution is -2.20. The lowest BCUT2D eigenvalue weighted by atomic mass is 10.2. The Bertz CT molecular complexity index is 432. The normalized spacial score (nSPS) is 11.4. The number of halogens is 4. The van der Waals surface area contributed by atoms with Gasteiger partial charge in [-0.1, -0.05) is 17.7 Å². The standard InChI is InChI=1S/C11H12ClF3N2O2/c12-7-2-1-3-8(16)10(7)17-9(18)4-5-19-6-11(13,14)15/h1-3H,4-6,16H2,(H,17,18). The maximum Gasteiger partial charge on any atom is 0.411 e. The topological polar surface area (TPSA) is 64.3 Å². The molecule has 0 saturated heterocycles. The summed E-state index contributed by atoms with van der Waals surface area (Å²) in [5.41, 5.74) is 6.12. The number of nitrogens with two attached hydrogens (primary N) is 1. The van der Waals surface area contributed by atoms with Crippen molar-refractivity contribution >= 4 is 28.9 Å². The lowest BCUT2D eigenvalue weighted by molar-refractivity contribution is -0.174. The minimum Gasteiger partial charge on any atom is -0.397 e. The van der Waals surface area contributed by atoms with Gasteiger partial charge in [0.25, 0.3) is 0 Å². The summed E-state index contributed by atoms with van der Waals surface area (Å²) >= 11 is 5.82. The van der Waals surface area contributed by atoms with Gasteiger partial charge in [0, 0.05) is 0 Å². The van der Waals surface area contributed by atoms with Crippen LogP contribution >= 0.6 is 11.6 Å². The molecule has 1 aromatic rings. The lowest BCUT2D eigenvalue weighted by Gasteiger charge is -2.10. The Hall–Kier alpha value is -1.47. The first-order valence-corrected chi connectivity index (χ1v) is 5.66. The molecule has 0 unspecified atom stereocenters. The van der Waals surface area contributed by atoms with Crippen LogP contribution in [0.2, 0.25) is 5.02 Å². The fraction of sp³-hybridized carbons (Fsp3) is 0.364. The number of rotatable bonds is 5. The van der Waals surface area contributed by atoms with Crippen molar-refractivity contribution in [2.75, 3.05) is 24.3 Å². The summed E-state index contributed by atoms with van der Waals surface area (Å²) < 4.78 is 39.6. The van der Waals surface area contributed by atoms with Gasteiger partial charge in [-0.15, -0.1) is 0 Å². The highest BCUT2D eigenvalue weighted by Gasteiger charge is 2.27. The highest BCUT2D eigenvalue weighted by atomic mass is 35.5. The van der Waals surface area contributed by atoms with Crippen LogP contribution in [0.1, 0.15) is 6.42 Å². The Morgan fingerprint density at radius 2 is 2.11 bits per heavy atom. The molecule has 1 rings (SSSR count). The molecule has 0 radical (unpaired) electrons. The number of nitrogen functional groups attached to an aromatic ring is 1. The first kappa shape index (κ1) is 15.6. The second-order valence-electron chi connectivity index (χ2n) is 3.67. The number of alkyl halides is 3. The molecule has 106 valence electrons. The van der Waals surface area contributed by atoms with Crippen molar-refractivity contribution in [2.24, 2.45) is 0 Å². The molecule has 0 aliphatic heterocycles. The van der Waals surface area contributed by atoms with Gasteiger partial charge in [-0.05, 0) is 12.1 Å². The number of anilines is 2. The summed E-state index contributed by atoms with van der Waals surface area (Å²) in [4.78, 5) is 11.5. The van der Waals surface area contributed by atoms with Crippen LogP contribution in [-0.4, -0.2) is 25.3 Å². The second-order valence-corrected chi connectivity index (χ2v) is 4.08. The van der Waals surface area contributed by atoms with E-state index < -0.39 is 18.7 Å². The SMILES string of the molecule is Nc1cccc(Cl)c1NC(=O)CCOCC(F)(F)F. The highest BCUT2D eigenvalue weighted by Crippen LogP contribution is 2.27. The van der Waals surface area contributed by atoms with Gasteiger partial charge in [-0.2, -0.15) is 13.2 Å². The number of carbonyl (C=O) groups is 1. The molecule has 1 aromatic carbocycles. The molecule has 0 fully saturated rings. The van der Waals surface area contributed by atoms with Gasteiger partial charge >= 0.3 is 6.18 Å². The fourth-order valence-corrected chi connectivity index (χ4v) is 1.46. The molecule has 0 bridgehead atoms. The van der Waals surface area contributed by atoms with E-state index in [-0.39, 0.29) is 29.4 Å². The molecule has 8 heteroatoms. The maximum atomic E-state index is 11.8. The quantitative estimate of drug-likeness (QED) is 0.649. The van der Waals surface area contributed by atoms with Gasteiger partial charge in [0.05, 0.1) is 29.4 Å². The van der Waals surface area contributed by atoms with E-state index in [0.29, 0.717) is 0 Å². The fourth-order valence-electron chi connectivity index (χ4n) is 1.23. The molecule has 0 aliphatic carbocycles. The van der Waals surface area contributed by atoms with Crippen molar-refractivity contribution in [1.82, 2.24) is 0 Å². The van der Waals surface area contributed by atoms with Crippen molar-refractivity contribution in [3.63, 3.8) is 0 Å². The molecule has 0 spiro atoms. The average molecular weight is 297 g/mol. The van der Waals surface area contributed by atoms with Crippen LogP contribution in [0.4, 0.5) is 24.5 Å². The Labute approximate surface area is 112 Å². The van der Waals surface area contributed by atoms with Crippen molar-refractivity contribution in [3.05, 3.63) is 23.2 Å². The van der Waals surface area contributed by atoms with E-state index in [2.05, 4.69) is 10.1 Å². The average Bonchev–Trinajstić information content (AvgIpc) is 2.28. The molecular weight excluding hydrogens is 285 g/mol. The Kier molecular flexibility index (Phi) is 5.44. The van der Waals surface area contributed by atoms with E-state index in [1.54, 1.807) is 12.1 Å². The third-order valence-electron chi connectivity index (χ3n) is 2.05. The minimum atomic E-state index is -4.40. The van der Waals surface area contributed by atoms with Crippen LogP contribution in [0.3, 0.4) is 0 Å². The summed E-state index contributed by atoms with van der Waals surface area (Å²) in [6, 6.07) is 4.69. The Morgan fingerprint density at radius 1 is 1.42 bits per heavy atom. The van der Waals surface area contributed by atoms with Crippen LogP contribution in [-0.2, 0) is 9.53 Å². The van der Waals surface area contributed by atoms with E-state index in [4.69, 9.17) is 17.3 Å². The van der Waals surface area contributed by atoms with E-state index in [1.807, 2.05) is 0 Å². The van der Waals surface area contributed by atoms with Crippen molar-refractivity contribution in [1.29, 1.82) is 0 Å². The van der Waals surface area contributed by atoms with Crippen molar-refractivity contribution in [2.45, 2.75) is 12.6 Å². The predicted molar refractivity (Wildman–Crippen MR) is 66.0 cm³/mol. The van der Waals surface area contributed by atoms with E-state index in [1.165, 1.54) is 6.07 Å². The van der Waals surface area contributed by atoms with Gasteiger partial charge in [-0.3, -0.25) is 4.79 Å². The van der Waals surface area contributed by atoms with Crippen LogP contribution in [0.25, 0.3) is 0 Å². The Morgan fingerprint density at radius 3 is 2.68 bits per heavy atom. The summed E-state index contributed by atoms with van der Waals surface area (Å²) in [7, 11) is 0. The molecule has 0 aliphatic rings. The predicted octanol–water partition coefficient (Wildman–Crippen LogP) is 2.83. The van der Waals surface area contributed by atoms with Crippen LogP contribution in [0, 0.1) is 0 Å². The molecule has 19 heavy (non-hydrogen) atoms. The summed E-state index contributed by atoms with van der Waals surface area (Å²) in [6.07, 6.45) is -4.62. The summed E-state index contributed by atoms with van der Waals surface area (Å²) in [5, 5.41) is 2.67. The number of hydrogen-bond donors (Lipinski definition) is 2. The maximum absolute atomic E-state index is 11.8. The number of carbonyl (C=O) groups excluding carboxylic acids is 1. The molecule has 4 nitrogen and oxygen atoms in total. The monoisotopic (exact) mass is 296 g/mol. The number of amides is 1. The second kappa shape index (κ2) is 6.63. The zero-order valence-electron chi connectivity index (χ0n) is 9.76. The largest absolute Gasteiger partial charge is 0.411 e. The number of para-hydroxylation sites is 1. The molecule has 0 aromatic heterocycles. The van der Waals surface area contributed by atoms with E-state index >= 15 is 0 Å². The van der Waals surface area contributed by atoms with Gasteiger partial charge in [0.2, 0.25) is 5.91 Å². The van der Waals surface area contributed by atoms with Crippen molar-refractivity contribution in [3.8, 4) is 0 Å². The number of nitrogens with one attached hydrogen (secondary N) is 1. The Balaban J connectivity index is 2.40. The van der Waals surface area contributed by atoms with Crippen LogP contribution in [0.15, 0.2) is 18.2 Å². The summed E-state index contributed by atoms with van der Waals surface area (Å²) in [5.74, 6) is -0.526. The molecule has 1 amide bonds. The van der Waals surface area contributed by atoms with Gasteiger partial charge in [0.15, 0.2) is 0 Å². The van der Waals surface area contributed by atoms with E-state index in [9.17, 15) is 18.0 Å². The van der Waals surface area contributed by atoms with Gasteiger partial charge in [0.1, 0.15) is 6.61 Å². The third kappa shape index (κ3) is 5.80. The minimum absolute atomic E-state index is 0.221. The van der Waals surface area contributed by atoms with Crippen molar-refractivity contribution < 1.29 is 22.7 Å². The highest BCUT2D eigenvalue weighted by molar-refractivity contribution is 6.34.